The molecule has 1 rings (SSSR count). The van der Waals surface area contributed by atoms with Crippen LogP contribution in [0, 0.1) is 10.1 Å². The van der Waals surface area contributed by atoms with Crippen LogP contribution in [0.4, 0.5) is 10.5 Å². The lowest BCUT2D eigenvalue weighted by molar-refractivity contribution is -0.386. The number of nitrogens with one attached hydrogen (secondary N) is 2. The highest BCUT2D eigenvalue weighted by molar-refractivity contribution is 5.96. The molecule has 4 N–H and O–H groups in total. The van der Waals surface area contributed by atoms with Crippen LogP contribution in [0.2, 0.25) is 0 Å². The molecule has 9 heteroatoms. The number of rotatable bonds is 5. The van der Waals surface area contributed by atoms with Gasteiger partial charge in [0.15, 0.2) is 11.9 Å². The molecule has 1 atom stereocenters. The molecular weight excluding hydrogens is 280 g/mol. The third kappa shape index (κ3) is 4.42. The lowest BCUT2D eigenvalue weighted by Gasteiger charge is -2.14. The van der Waals surface area contributed by atoms with E-state index in [1.807, 2.05) is 5.32 Å². The fourth-order valence-corrected chi connectivity index (χ4v) is 1.45. The number of nitrogens with zero attached hydrogens (tertiary/aromatic N) is 1. The Morgan fingerprint density at radius 3 is 2.67 bits per heavy atom. The molecule has 0 heterocycles. The number of urea groups is 1. The van der Waals surface area contributed by atoms with Crippen LogP contribution in [-0.4, -0.2) is 30.0 Å². The number of hydrogen-bond acceptors (Lipinski definition) is 6. The number of carbonyl (C=O) groups excluding carboxylic acids is 2. The minimum atomic E-state index is -1.08. The number of nitro groups is 1. The van der Waals surface area contributed by atoms with Gasteiger partial charge in [-0.25, -0.2) is 4.79 Å². The van der Waals surface area contributed by atoms with E-state index in [0.29, 0.717) is 5.56 Å². The number of nitrogens with two attached hydrogens (primary N) is 1. The van der Waals surface area contributed by atoms with Crippen LogP contribution >= 0.6 is 0 Å². The van der Waals surface area contributed by atoms with Gasteiger partial charge in [0.25, 0.3) is 5.91 Å². The fourth-order valence-electron chi connectivity index (χ4n) is 1.45. The van der Waals surface area contributed by atoms with Crippen LogP contribution in [0.15, 0.2) is 18.2 Å². The first-order valence-electron chi connectivity index (χ1n) is 6.05. The highest BCUT2D eigenvalue weighted by atomic mass is 16.6. The molecule has 1 aromatic carbocycles. The predicted molar refractivity (Wildman–Crippen MR) is 73.7 cm³/mol. The summed E-state index contributed by atoms with van der Waals surface area (Å²) in [5, 5.41) is 15.2. The molecule has 0 aliphatic carbocycles. The molecule has 0 aromatic heterocycles. The number of nitro benzene ring substituents is 1. The molecule has 0 aliphatic heterocycles. The first-order chi connectivity index (χ1) is 9.88. The second kappa shape index (κ2) is 7.20. The average Bonchev–Trinajstić information content (AvgIpc) is 2.46. The van der Waals surface area contributed by atoms with Crippen molar-refractivity contribution in [3.63, 3.8) is 0 Å². The minimum absolute atomic E-state index is 0.0724. The molecular formula is C12H16N4O5. The maximum atomic E-state index is 11.6. The molecule has 0 spiro atoms. The molecule has 0 saturated carbocycles. The summed E-state index contributed by atoms with van der Waals surface area (Å²) in [6.07, 6.45) is -1.08. The number of hydrogen-bond donors (Lipinski definition) is 3. The van der Waals surface area contributed by atoms with Gasteiger partial charge in [-0.15, -0.1) is 0 Å². The van der Waals surface area contributed by atoms with Crippen molar-refractivity contribution in [1.29, 1.82) is 0 Å². The van der Waals surface area contributed by atoms with Gasteiger partial charge in [0.05, 0.1) is 4.92 Å². The monoisotopic (exact) mass is 296 g/mol. The average molecular weight is 296 g/mol. The minimum Gasteiger partial charge on any atom is -0.474 e. The Hall–Kier alpha value is -2.68. The van der Waals surface area contributed by atoms with Crippen LogP contribution in [0.3, 0.4) is 0 Å². The summed E-state index contributed by atoms with van der Waals surface area (Å²) in [5.41, 5.74) is 5.69. The molecule has 9 nitrogen and oxygen atoms in total. The Labute approximate surface area is 120 Å². The van der Waals surface area contributed by atoms with Crippen molar-refractivity contribution in [2.45, 2.75) is 19.6 Å². The Balaban J connectivity index is 2.89. The van der Waals surface area contributed by atoms with Gasteiger partial charge in [0.1, 0.15) is 0 Å². The number of imide groups is 1. The summed E-state index contributed by atoms with van der Waals surface area (Å²) < 4.78 is 5.24. The van der Waals surface area contributed by atoms with Crippen LogP contribution in [0.1, 0.15) is 12.5 Å². The standard InChI is InChI=1S/C12H16N4O5/c1-7(11(17)15-12(18)14-2)21-10-4-3-8(6-13)5-9(10)16(19)20/h3-5,7H,6,13H2,1-2H3,(H2,14,15,17,18). The SMILES string of the molecule is CNC(=O)NC(=O)C(C)Oc1ccc(CN)cc1[N+](=O)[O-]. The first-order valence-corrected chi connectivity index (χ1v) is 6.05. The van der Waals surface area contributed by atoms with E-state index in [9.17, 15) is 19.7 Å². The van der Waals surface area contributed by atoms with E-state index in [4.69, 9.17) is 10.5 Å². The highest BCUT2D eigenvalue weighted by Gasteiger charge is 2.22. The smallest absolute Gasteiger partial charge is 0.321 e. The molecule has 1 aromatic rings. The van der Waals surface area contributed by atoms with E-state index in [0.717, 1.165) is 0 Å². The molecule has 114 valence electrons. The zero-order chi connectivity index (χ0) is 16.0. The van der Waals surface area contributed by atoms with Crippen LogP contribution in [0.5, 0.6) is 5.75 Å². The van der Waals surface area contributed by atoms with Gasteiger partial charge in [-0.1, -0.05) is 6.07 Å². The Bertz CT molecular complexity index is 561. The van der Waals surface area contributed by atoms with Crippen molar-refractivity contribution in [2.24, 2.45) is 5.73 Å². The molecule has 0 bridgehead atoms. The largest absolute Gasteiger partial charge is 0.474 e. The van der Waals surface area contributed by atoms with Crippen molar-refractivity contribution in [3.8, 4) is 5.75 Å². The molecule has 3 amide bonds. The van der Waals surface area contributed by atoms with Gasteiger partial charge in [-0.3, -0.25) is 20.2 Å². The summed E-state index contributed by atoms with van der Waals surface area (Å²) in [6, 6.07) is 3.51. The zero-order valence-corrected chi connectivity index (χ0v) is 11.6. The van der Waals surface area contributed by atoms with Crippen molar-refractivity contribution in [1.82, 2.24) is 10.6 Å². The summed E-state index contributed by atoms with van der Waals surface area (Å²) >= 11 is 0. The van der Waals surface area contributed by atoms with Gasteiger partial charge in [0.2, 0.25) is 0 Å². The Morgan fingerprint density at radius 2 is 2.14 bits per heavy atom. The highest BCUT2D eigenvalue weighted by Crippen LogP contribution is 2.28. The molecule has 0 aliphatic rings. The Morgan fingerprint density at radius 1 is 1.48 bits per heavy atom. The number of carbonyl (C=O) groups is 2. The summed E-state index contributed by atoms with van der Waals surface area (Å²) in [5.74, 6) is -0.789. The Kier molecular flexibility index (Phi) is 5.61. The van der Waals surface area contributed by atoms with Crippen LogP contribution in [0.25, 0.3) is 0 Å². The zero-order valence-electron chi connectivity index (χ0n) is 11.6. The predicted octanol–water partition coefficient (Wildman–Crippen LogP) is 0.276. The lowest BCUT2D eigenvalue weighted by Crippen LogP contribution is -2.44. The first kappa shape index (κ1) is 16.4. The maximum Gasteiger partial charge on any atom is 0.321 e. The molecule has 0 saturated heterocycles. The van der Waals surface area contributed by atoms with E-state index in [-0.39, 0.29) is 18.0 Å². The van der Waals surface area contributed by atoms with Crippen molar-refractivity contribution < 1.29 is 19.2 Å². The van der Waals surface area contributed by atoms with Gasteiger partial charge in [-0.2, -0.15) is 0 Å². The number of amides is 3. The van der Waals surface area contributed by atoms with E-state index in [2.05, 4.69) is 5.32 Å². The molecule has 0 radical (unpaired) electrons. The van der Waals surface area contributed by atoms with Crippen LogP contribution in [-0.2, 0) is 11.3 Å². The summed E-state index contributed by atoms with van der Waals surface area (Å²) in [4.78, 5) is 33.0. The molecule has 1 unspecified atom stereocenters. The number of ether oxygens (including phenoxy) is 1. The van der Waals surface area contributed by atoms with E-state index < -0.39 is 23.0 Å². The van der Waals surface area contributed by atoms with Gasteiger partial charge >= 0.3 is 11.7 Å². The van der Waals surface area contributed by atoms with Gasteiger partial charge < -0.3 is 15.8 Å². The summed E-state index contributed by atoms with van der Waals surface area (Å²) in [6.45, 7) is 1.52. The van der Waals surface area contributed by atoms with Crippen LogP contribution < -0.4 is 21.1 Å². The van der Waals surface area contributed by atoms with Crippen molar-refractivity contribution in [3.05, 3.63) is 33.9 Å². The quantitative estimate of drug-likeness (QED) is 0.527. The van der Waals surface area contributed by atoms with Crippen molar-refractivity contribution >= 4 is 17.6 Å². The third-order valence-corrected chi connectivity index (χ3v) is 2.59. The van der Waals surface area contributed by atoms with E-state index in [1.54, 1.807) is 6.07 Å². The van der Waals surface area contributed by atoms with E-state index in [1.165, 1.54) is 26.1 Å². The molecule has 0 fully saturated rings. The topological polar surface area (TPSA) is 137 Å². The fraction of sp³-hybridized carbons (Fsp3) is 0.333. The molecule has 21 heavy (non-hydrogen) atoms. The summed E-state index contributed by atoms with van der Waals surface area (Å²) in [7, 11) is 1.35. The maximum absolute atomic E-state index is 11.6. The second-order valence-corrected chi connectivity index (χ2v) is 4.09. The van der Waals surface area contributed by atoms with Crippen molar-refractivity contribution in [2.75, 3.05) is 7.05 Å². The normalized spacial score (nSPS) is 11.4. The number of benzene rings is 1. The lowest BCUT2D eigenvalue weighted by atomic mass is 10.2. The third-order valence-electron chi connectivity index (χ3n) is 2.59. The van der Waals surface area contributed by atoms with Gasteiger partial charge in [0, 0.05) is 19.7 Å². The second-order valence-electron chi connectivity index (χ2n) is 4.09. The van der Waals surface area contributed by atoms with E-state index >= 15 is 0 Å². The van der Waals surface area contributed by atoms with Gasteiger partial charge in [-0.05, 0) is 18.6 Å².